The number of rotatable bonds is 8. The maximum Gasteiger partial charge on any atom is 0.261 e. The van der Waals surface area contributed by atoms with E-state index in [4.69, 9.17) is 4.74 Å². The molecule has 1 atom stereocenters. The topological polar surface area (TPSA) is 38.3 Å². The molecule has 0 unspecified atom stereocenters. The Morgan fingerprint density at radius 1 is 1.04 bits per heavy atom. The number of amides is 1. The molecule has 0 spiro atoms. The molecule has 1 amide bonds. The van der Waals surface area contributed by atoms with Gasteiger partial charge in [0, 0.05) is 6.54 Å². The molecular weight excluding hydrogens is 310 g/mol. The predicted molar refractivity (Wildman–Crippen MR) is 103 cm³/mol. The Balaban J connectivity index is 2.04. The average Bonchev–Trinajstić information content (AvgIpc) is 2.65. The second kappa shape index (κ2) is 9.26. The van der Waals surface area contributed by atoms with E-state index in [2.05, 4.69) is 37.4 Å². The molecule has 25 heavy (non-hydrogen) atoms. The van der Waals surface area contributed by atoms with Crippen molar-refractivity contribution in [2.45, 2.75) is 59.6 Å². The maximum atomic E-state index is 12.6. The van der Waals surface area contributed by atoms with Crippen molar-refractivity contribution in [1.82, 2.24) is 5.32 Å². The molecule has 0 bridgehead atoms. The van der Waals surface area contributed by atoms with Crippen LogP contribution in [0.3, 0.4) is 0 Å². The van der Waals surface area contributed by atoms with E-state index in [1.807, 2.05) is 38.1 Å². The second-order valence-electron chi connectivity index (χ2n) is 6.31. The lowest BCUT2D eigenvalue weighted by Gasteiger charge is -2.19. The Morgan fingerprint density at radius 3 is 2.44 bits per heavy atom. The van der Waals surface area contributed by atoms with Gasteiger partial charge in [0.25, 0.3) is 5.91 Å². The molecule has 0 radical (unpaired) electrons. The van der Waals surface area contributed by atoms with E-state index in [-0.39, 0.29) is 5.91 Å². The molecule has 0 aliphatic heterocycles. The van der Waals surface area contributed by atoms with E-state index in [9.17, 15) is 4.79 Å². The van der Waals surface area contributed by atoms with Gasteiger partial charge < -0.3 is 10.1 Å². The highest BCUT2D eigenvalue weighted by atomic mass is 16.5. The van der Waals surface area contributed by atoms with Crippen LogP contribution in [-0.2, 0) is 24.2 Å². The lowest BCUT2D eigenvalue weighted by Crippen LogP contribution is -2.37. The smallest absolute Gasteiger partial charge is 0.261 e. The van der Waals surface area contributed by atoms with Gasteiger partial charge in [0.05, 0.1) is 0 Å². The quantitative estimate of drug-likeness (QED) is 0.763. The minimum atomic E-state index is -0.472. The van der Waals surface area contributed by atoms with Crippen LogP contribution in [0.4, 0.5) is 0 Å². The van der Waals surface area contributed by atoms with E-state index in [0.717, 1.165) is 24.2 Å². The Hall–Kier alpha value is -2.29. The molecular formula is C22H29NO2. The Labute approximate surface area is 151 Å². The molecule has 2 rings (SSSR count). The van der Waals surface area contributed by atoms with Crippen LogP contribution in [0, 0.1) is 6.92 Å². The zero-order chi connectivity index (χ0) is 18.2. The number of carbonyl (C=O) groups excluding carboxylic acids is 1. The van der Waals surface area contributed by atoms with Gasteiger partial charge in [-0.25, -0.2) is 0 Å². The van der Waals surface area contributed by atoms with Crippen molar-refractivity contribution in [1.29, 1.82) is 0 Å². The third-order valence-corrected chi connectivity index (χ3v) is 4.54. The normalized spacial score (nSPS) is 11.8. The van der Waals surface area contributed by atoms with Gasteiger partial charge in [0.15, 0.2) is 6.10 Å². The van der Waals surface area contributed by atoms with Crippen molar-refractivity contribution in [2.75, 3.05) is 0 Å². The van der Waals surface area contributed by atoms with Crippen LogP contribution in [0.5, 0.6) is 5.75 Å². The molecule has 3 nitrogen and oxygen atoms in total. The van der Waals surface area contributed by atoms with Crippen molar-refractivity contribution in [3.63, 3.8) is 0 Å². The Bertz CT molecular complexity index is 709. The highest BCUT2D eigenvalue weighted by Gasteiger charge is 2.19. The lowest BCUT2D eigenvalue weighted by molar-refractivity contribution is -0.128. The van der Waals surface area contributed by atoms with Gasteiger partial charge in [0.1, 0.15) is 5.75 Å². The van der Waals surface area contributed by atoms with Gasteiger partial charge in [-0.15, -0.1) is 0 Å². The van der Waals surface area contributed by atoms with Crippen LogP contribution in [0.25, 0.3) is 0 Å². The summed E-state index contributed by atoms with van der Waals surface area (Å²) < 4.78 is 5.93. The zero-order valence-electron chi connectivity index (χ0n) is 15.8. The van der Waals surface area contributed by atoms with E-state index in [0.29, 0.717) is 13.0 Å². The standard InChI is InChI=1S/C22H29NO2/c1-5-17-12-13-18(6-2)19(14-17)15-23-22(24)20(7-3)25-21-11-9-8-10-16(21)4/h8-14,20H,5-7,15H2,1-4H3,(H,23,24)/t20-/m0/s1. The summed E-state index contributed by atoms with van der Waals surface area (Å²) in [7, 11) is 0. The summed E-state index contributed by atoms with van der Waals surface area (Å²) in [5.41, 5.74) is 4.81. The first kappa shape index (κ1) is 19.0. The zero-order valence-corrected chi connectivity index (χ0v) is 15.8. The summed E-state index contributed by atoms with van der Waals surface area (Å²) >= 11 is 0. The molecule has 3 heteroatoms. The summed E-state index contributed by atoms with van der Waals surface area (Å²) in [6, 6.07) is 14.3. The van der Waals surface area contributed by atoms with E-state index in [1.54, 1.807) is 0 Å². The summed E-state index contributed by atoms with van der Waals surface area (Å²) in [4.78, 5) is 12.6. The van der Waals surface area contributed by atoms with Gasteiger partial charge in [-0.05, 0) is 54.5 Å². The molecule has 2 aromatic rings. The fourth-order valence-corrected chi connectivity index (χ4v) is 2.87. The number of hydrogen-bond acceptors (Lipinski definition) is 2. The van der Waals surface area contributed by atoms with E-state index < -0.39 is 6.10 Å². The first-order valence-electron chi connectivity index (χ1n) is 9.19. The minimum Gasteiger partial charge on any atom is -0.480 e. The van der Waals surface area contributed by atoms with Crippen molar-refractivity contribution in [3.05, 3.63) is 64.7 Å². The van der Waals surface area contributed by atoms with Crippen molar-refractivity contribution in [2.24, 2.45) is 0 Å². The number of ether oxygens (including phenoxy) is 1. The first-order chi connectivity index (χ1) is 12.1. The number of hydrogen-bond donors (Lipinski definition) is 1. The van der Waals surface area contributed by atoms with Crippen LogP contribution in [0.2, 0.25) is 0 Å². The number of nitrogens with one attached hydrogen (secondary N) is 1. The lowest BCUT2D eigenvalue weighted by atomic mass is 10.0. The molecule has 1 N–H and O–H groups in total. The van der Waals surface area contributed by atoms with Crippen LogP contribution in [0.1, 0.15) is 49.4 Å². The van der Waals surface area contributed by atoms with Gasteiger partial charge in [0.2, 0.25) is 0 Å². The average molecular weight is 339 g/mol. The summed E-state index contributed by atoms with van der Waals surface area (Å²) in [6.07, 6.45) is 2.13. The second-order valence-corrected chi connectivity index (χ2v) is 6.31. The SMILES string of the molecule is CCc1ccc(CC)c(CNC(=O)[C@H](CC)Oc2ccccc2C)c1. The minimum absolute atomic E-state index is 0.0605. The van der Waals surface area contributed by atoms with Crippen LogP contribution in [0.15, 0.2) is 42.5 Å². The number of aryl methyl sites for hydroxylation is 3. The monoisotopic (exact) mass is 339 g/mol. The van der Waals surface area contributed by atoms with Crippen LogP contribution < -0.4 is 10.1 Å². The Morgan fingerprint density at radius 2 is 1.80 bits per heavy atom. The fourth-order valence-electron chi connectivity index (χ4n) is 2.87. The molecule has 0 fully saturated rings. The van der Waals surface area contributed by atoms with Crippen molar-refractivity contribution >= 4 is 5.91 Å². The van der Waals surface area contributed by atoms with Crippen LogP contribution in [-0.4, -0.2) is 12.0 Å². The predicted octanol–water partition coefficient (Wildman–Crippen LogP) is 4.59. The van der Waals surface area contributed by atoms with Crippen LogP contribution >= 0.6 is 0 Å². The summed E-state index contributed by atoms with van der Waals surface area (Å²) in [5.74, 6) is 0.710. The number of carbonyl (C=O) groups is 1. The maximum absolute atomic E-state index is 12.6. The molecule has 0 saturated heterocycles. The number of benzene rings is 2. The molecule has 0 aromatic heterocycles. The highest BCUT2D eigenvalue weighted by Crippen LogP contribution is 2.19. The molecule has 134 valence electrons. The molecule has 2 aromatic carbocycles. The molecule has 0 saturated carbocycles. The Kier molecular flexibility index (Phi) is 7.05. The first-order valence-corrected chi connectivity index (χ1v) is 9.19. The summed E-state index contributed by atoms with van der Waals surface area (Å²) in [5, 5.41) is 3.05. The molecule has 0 aliphatic rings. The van der Waals surface area contributed by atoms with E-state index in [1.165, 1.54) is 16.7 Å². The van der Waals surface area contributed by atoms with Gasteiger partial charge in [-0.2, -0.15) is 0 Å². The third kappa shape index (κ3) is 5.09. The fraction of sp³-hybridized carbons (Fsp3) is 0.409. The highest BCUT2D eigenvalue weighted by molar-refractivity contribution is 5.81. The van der Waals surface area contributed by atoms with Gasteiger partial charge in [-0.3, -0.25) is 4.79 Å². The molecule has 0 aliphatic carbocycles. The number of para-hydroxylation sites is 1. The van der Waals surface area contributed by atoms with Crippen molar-refractivity contribution < 1.29 is 9.53 Å². The van der Waals surface area contributed by atoms with Crippen molar-refractivity contribution in [3.8, 4) is 5.75 Å². The molecule has 0 heterocycles. The summed E-state index contributed by atoms with van der Waals surface area (Å²) in [6.45, 7) is 8.79. The largest absolute Gasteiger partial charge is 0.480 e. The van der Waals surface area contributed by atoms with Gasteiger partial charge >= 0.3 is 0 Å². The third-order valence-electron chi connectivity index (χ3n) is 4.54. The van der Waals surface area contributed by atoms with Gasteiger partial charge in [-0.1, -0.05) is 57.2 Å². The van der Waals surface area contributed by atoms with E-state index >= 15 is 0 Å².